The van der Waals surface area contributed by atoms with Crippen LogP contribution in [0, 0.1) is 0 Å². The lowest BCUT2D eigenvalue weighted by Gasteiger charge is -2.13. The maximum Gasteiger partial charge on any atom is 0.346 e. The number of carbonyl (C=O) groups excluding carboxylic acids is 1. The molecule has 1 atom stereocenters. The zero-order chi connectivity index (χ0) is 12.0. The minimum absolute atomic E-state index is 0.401. The minimum atomic E-state index is -0.623. The van der Waals surface area contributed by atoms with Crippen molar-refractivity contribution in [2.24, 2.45) is 0 Å². The molecule has 1 aromatic rings. The Bertz CT molecular complexity index is 349. The van der Waals surface area contributed by atoms with Gasteiger partial charge in [0.1, 0.15) is 11.5 Å². The molecular formula is C12H16O4. The third-order valence-corrected chi connectivity index (χ3v) is 1.96. The highest BCUT2D eigenvalue weighted by molar-refractivity contribution is 5.74. The van der Waals surface area contributed by atoms with Gasteiger partial charge in [-0.1, -0.05) is 6.07 Å². The molecule has 0 spiro atoms. The lowest BCUT2D eigenvalue weighted by atomic mass is 10.3. The third-order valence-electron chi connectivity index (χ3n) is 1.96. The van der Waals surface area contributed by atoms with Gasteiger partial charge in [0.15, 0.2) is 6.10 Å². The molecule has 0 saturated carbocycles. The van der Waals surface area contributed by atoms with Gasteiger partial charge in [0, 0.05) is 6.07 Å². The van der Waals surface area contributed by atoms with Gasteiger partial charge in [-0.2, -0.15) is 0 Å². The summed E-state index contributed by atoms with van der Waals surface area (Å²) in [5.41, 5.74) is 0. The third kappa shape index (κ3) is 3.46. The van der Waals surface area contributed by atoms with E-state index in [-0.39, 0.29) is 0 Å². The second kappa shape index (κ2) is 6.00. The quantitative estimate of drug-likeness (QED) is 0.718. The van der Waals surface area contributed by atoms with Crippen LogP contribution in [0.15, 0.2) is 24.3 Å². The van der Waals surface area contributed by atoms with Crippen LogP contribution in [0.4, 0.5) is 0 Å². The minimum Gasteiger partial charge on any atom is -0.494 e. The Morgan fingerprint density at radius 1 is 1.38 bits per heavy atom. The van der Waals surface area contributed by atoms with Crippen LogP contribution in [-0.2, 0) is 9.53 Å². The molecule has 0 unspecified atom stereocenters. The molecule has 1 rings (SSSR count). The van der Waals surface area contributed by atoms with E-state index in [1.54, 1.807) is 19.1 Å². The summed E-state index contributed by atoms with van der Waals surface area (Å²) in [5, 5.41) is 0. The SMILES string of the molecule is CCOc1cccc(O[C@H](C)C(=O)OC)c1. The molecule has 0 heterocycles. The first-order chi connectivity index (χ1) is 7.67. The summed E-state index contributed by atoms with van der Waals surface area (Å²) < 4.78 is 15.3. The average Bonchev–Trinajstić information content (AvgIpc) is 2.29. The fourth-order valence-electron chi connectivity index (χ4n) is 1.22. The van der Waals surface area contributed by atoms with Crippen LogP contribution < -0.4 is 9.47 Å². The predicted octanol–water partition coefficient (Wildman–Crippen LogP) is 2.03. The molecule has 0 aliphatic carbocycles. The second-order valence-corrected chi connectivity index (χ2v) is 3.19. The maximum atomic E-state index is 11.1. The van der Waals surface area contributed by atoms with E-state index in [1.807, 2.05) is 19.1 Å². The number of rotatable bonds is 5. The van der Waals surface area contributed by atoms with Gasteiger partial charge in [-0.15, -0.1) is 0 Å². The van der Waals surface area contributed by atoms with E-state index in [9.17, 15) is 4.79 Å². The molecular weight excluding hydrogens is 208 g/mol. The van der Waals surface area contributed by atoms with E-state index in [1.165, 1.54) is 7.11 Å². The average molecular weight is 224 g/mol. The molecule has 0 saturated heterocycles. The molecule has 16 heavy (non-hydrogen) atoms. The van der Waals surface area contributed by atoms with Crippen LogP contribution in [-0.4, -0.2) is 25.8 Å². The van der Waals surface area contributed by atoms with Crippen molar-refractivity contribution in [1.29, 1.82) is 0 Å². The summed E-state index contributed by atoms with van der Waals surface area (Å²) in [4.78, 5) is 11.1. The molecule has 0 aliphatic rings. The van der Waals surface area contributed by atoms with E-state index in [4.69, 9.17) is 9.47 Å². The second-order valence-electron chi connectivity index (χ2n) is 3.19. The van der Waals surface area contributed by atoms with Crippen LogP contribution in [0.2, 0.25) is 0 Å². The molecule has 4 heteroatoms. The molecule has 0 bridgehead atoms. The summed E-state index contributed by atoms with van der Waals surface area (Å²) >= 11 is 0. The van der Waals surface area contributed by atoms with Crippen molar-refractivity contribution in [3.8, 4) is 11.5 Å². The van der Waals surface area contributed by atoms with Crippen LogP contribution in [0.5, 0.6) is 11.5 Å². The smallest absolute Gasteiger partial charge is 0.346 e. The Balaban J connectivity index is 2.66. The van der Waals surface area contributed by atoms with Gasteiger partial charge >= 0.3 is 5.97 Å². The van der Waals surface area contributed by atoms with Crippen molar-refractivity contribution in [2.75, 3.05) is 13.7 Å². The molecule has 0 amide bonds. The Hall–Kier alpha value is -1.71. The predicted molar refractivity (Wildman–Crippen MR) is 59.7 cm³/mol. The molecule has 88 valence electrons. The topological polar surface area (TPSA) is 44.8 Å². The molecule has 0 aliphatic heterocycles. The van der Waals surface area contributed by atoms with Crippen LogP contribution in [0.1, 0.15) is 13.8 Å². The number of hydrogen-bond acceptors (Lipinski definition) is 4. The Morgan fingerprint density at radius 2 is 2.06 bits per heavy atom. The van der Waals surface area contributed by atoms with Crippen molar-refractivity contribution in [2.45, 2.75) is 20.0 Å². The van der Waals surface area contributed by atoms with Gasteiger partial charge in [0.05, 0.1) is 13.7 Å². The molecule has 0 radical (unpaired) electrons. The standard InChI is InChI=1S/C12H16O4/c1-4-15-10-6-5-7-11(8-10)16-9(2)12(13)14-3/h5-9H,4H2,1-3H3/t9-/m1/s1. The van der Waals surface area contributed by atoms with Gasteiger partial charge in [-0.05, 0) is 26.0 Å². The largest absolute Gasteiger partial charge is 0.494 e. The Morgan fingerprint density at radius 3 is 2.69 bits per heavy atom. The molecule has 4 nitrogen and oxygen atoms in total. The summed E-state index contributed by atoms with van der Waals surface area (Å²) in [7, 11) is 1.33. The lowest BCUT2D eigenvalue weighted by Crippen LogP contribution is -2.24. The van der Waals surface area contributed by atoms with Gasteiger partial charge in [0.25, 0.3) is 0 Å². The first kappa shape index (κ1) is 12.4. The van der Waals surface area contributed by atoms with Crippen LogP contribution in [0.3, 0.4) is 0 Å². The Kier molecular flexibility index (Phi) is 4.64. The van der Waals surface area contributed by atoms with Crippen molar-refractivity contribution in [3.63, 3.8) is 0 Å². The van der Waals surface area contributed by atoms with Crippen molar-refractivity contribution >= 4 is 5.97 Å². The highest BCUT2D eigenvalue weighted by Gasteiger charge is 2.14. The van der Waals surface area contributed by atoms with E-state index in [0.717, 1.165) is 5.75 Å². The van der Waals surface area contributed by atoms with Crippen molar-refractivity contribution in [1.82, 2.24) is 0 Å². The maximum absolute atomic E-state index is 11.1. The van der Waals surface area contributed by atoms with Gasteiger partial charge in [-0.3, -0.25) is 0 Å². The van der Waals surface area contributed by atoms with E-state index in [2.05, 4.69) is 4.74 Å². The molecule has 0 fully saturated rings. The first-order valence-corrected chi connectivity index (χ1v) is 5.14. The highest BCUT2D eigenvalue weighted by Crippen LogP contribution is 2.20. The first-order valence-electron chi connectivity index (χ1n) is 5.14. The summed E-state index contributed by atoms with van der Waals surface area (Å²) in [5.74, 6) is 0.905. The van der Waals surface area contributed by atoms with Gasteiger partial charge < -0.3 is 14.2 Å². The van der Waals surface area contributed by atoms with E-state index >= 15 is 0 Å². The normalized spacial score (nSPS) is 11.7. The number of benzene rings is 1. The van der Waals surface area contributed by atoms with Crippen LogP contribution >= 0.6 is 0 Å². The lowest BCUT2D eigenvalue weighted by molar-refractivity contribution is -0.147. The number of ether oxygens (including phenoxy) is 3. The number of carbonyl (C=O) groups is 1. The molecule has 0 aromatic heterocycles. The number of hydrogen-bond donors (Lipinski definition) is 0. The fraction of sp³-hybridized carbons (Fsp3) is 0.417. The Labute approximate surface area is 95.1 Å². The van der Waals surface area contributed by atoms with Gasteiger partial charge in [0.2, 0.25) is 0 Å². The number of methoxy groups -OCH3 is 1. The van der Waals surface area contributed by atoms with Gasteiger partial charge in [-0.25, -0.2) is 4.79 Å². The highest BCUT2D eigenvalue weighted by atomic mass is 16.6. The van der Waals surface area contributed by atoms with Crippen molar-refractivity contribution in [3.05, 3.63) is 24.3 Å². The zero-order valence-corrected chi connectivity index (χ0v) is 9.73. The van der Waals surface area contributed by atoms with Crippen molar-refractivity contribution < 1.29 is 19.0 Å². The van der Waals surface area contributed by atoms with Crippen LogP contribution in [0.25, 0.3) is 0 Å². The molecule has 0 N–H and O–H groups in total. The number of esters is 1. The summed E-state index contributed by atoms with van der Waals surface area (Å²) in [6.07, 6.45) is -0.623. The zero-order valence-electron chi connectivity index (χ0n) is 9.73. The summed E-state index contributed by atoms with van der Waals surface area (Å²) in [6, 6.07) is 7.15. The van der Waals surface area contributed by atoms with E-state index < -0.39 is 12.1 Å². The summed E-state index contributed by atoms with van der Waals surface area (Å²) in [6.45, 7) is 4.14. The molecule has 1 aromatic carbocycles. The monoisotopic (exact) mass is 224 g/mol. The van der Waals surface area contributed by atoms with E-state index in [0.29, 0.717) is 12.4 Å². The fourth-order valence-corrected chi connectivity index (χ4v) is 1.22.